The van der Waals surface area contributed by atoms with Crippen LogP contribution in [0.2, 0.25) is 0 Å². The van der Waals surface area contributed by atoms with Crippen LogP contribution in [0.1, 0.15) is 55.0 Å². The highest BCUT2D eigenvalue weighted by molar-refractivity contribution is 6.00. The summed E-state index contributed by atoms with van der Waals surface area (Å²) in [6.07, 6.45) is 1.99. The summed E-state index contributed by atoms with van der Waals surface area (Å²) < 4.78 is 12.4. The highest BCUT2D eigenvalue weighted by Crippen LogP contribution is 2.42. The number of rotatable bonds is 9. The van der Waals surface area contributed by atoms with E-state index in [0.29, 0.717) is 19.3 Å². The number of nitrogens with one attached hydrogen (secondary N) is 1. The van der Waals surface area contributed by atoms with Crippen LogP contribution >= 0.6 is 0 Å². The SMILES string of the molecule is CC.CC(COc1ccc(C2=C(c3ccccc3)CCc3cc(OCc4ccccc4)ccc32)cc1)N1CCNCC1. The lowest BCUT2D eigenvalue weighted by molar-refractivity contribution is 0.132. The van der Waals surface area contributed by atoms with Gasteiger partial charge in [-0.1, -0.05) is 92.7 Å². The van der Waals surface area contributed by atoms with E-state index in [4.69, 9.17) is 9.47 Å². The summed E-state index contributed by atoms with van der Waals surface area (Å²) in [5, 5.41) is 3.43. The first-order chi connectivity index (χ1) is 20.7. The molecule has 1 heterocycles. The maximum absolute atomic E-state index is 6.23. The topological polar surface area (TPSA) is 33.7 Å². The van der Waals surface area contributed by atoms with E-state index in [9.17, 15) is 0 Å². The first-order valence-corrected chi connectivity index (χ1v) is 15.5. The van der Waals surface area contributed by atoms with Crippen molar-refractivity contribution in [2.24, 2.45) is 0 Å². The zero-order valence-corrected chi connectivity index (χ0v) is 25.3. The Balaban J connectivity index is 0.00000173. The Morgan fingerprint density at radius 2 is 1.38 bits per heavy atom. The molecular weight excluding hydrogens is 516 g/mol. The third-order valence-electron chi connectivity index (χ3n) is 8.07. The van der Waals surface area contributed by atoms with Gasteiger partial charge < -0.3 is 14.8 Å². The number of piperazine rings is 1. The van der Waals surface area contributed by atoms with Gasteiger partial charge in [0.2, 0.25) is 0 Å². The van der Waals surface area contributed by atoms with Crippen LogP contribution in [0.15, 0.2) is 103 Å². The van der Waals surface area contributed by atoms with Gasteiger partial charge in [0.05, 0.1) is 0 Å². The van der Waals surface area contributed by atoms with E-state index in [-0.39, 0.29) is 0 Å². The van der Waals surface area contributed by atoms with Crippen LogP contribution in [-0.2, 0) is 13.0 Å². The number of hydrogen-bond donors (Lipinski definition) is 1. The highest BCUT2D eigenvalue weighted by Gasteiger charge is 2.22. The van der Waals surface area contributed by atoms with Gasteiger partial charge in [-0.05, 0) is 83.0 Å². The standard InChI is InChI=1S/C36H38N2O2.C2H6/c1-27(38-22-20-37-21-23-38)25-39-32-15-12-30(13-16-32)36-34(29-10-6-3-7-11-29)18-14-31-24-33(17-19-35(31)36)40-26-28-8-4-2-5-9-28;1-2/h2-13,15-17,19,24,27,37H,14,18,20-23,25-26H2,1H3;1-2H3. The van der Waals surface area contributed by atoms with Gasteiger partial charge in [-0.25, -0.2) is 0 Å². The summed E-state index contributed by atoms with van der Waals surface area (Å²) in [6, 6.07) is 36.8. The maximum atomic E-state index is 6.23. The summed E-state index contributed by atoms with van der Waals surface area (Å²) in [4.78, 5) is 2.50. The molecule has 1 unspecified atom stereocenters. The van der Waals surface area contributed by atoms with Crippen molar-refractivity contribution in [2.45, 2.75) is 46.3 Å². The Morgan fingerprint density at radius 1 is 0.714 bits per heavy atom. The number of fused-ring (bicyclic) bond motifs is 1. The predicted molar refractivity (Wildman–Crippen MR) is 175 cm³/mol. The van der Waals surface area contributed by atoms with Crippen molar-refractivity contribution in [2.75, 3.05) is 32.8 Å². The van der Waals surface area contributed by atoms with Crippen molar-refractivity contribution >= 4 is 11.1 Å². The van der Waals surface area contributed by atoms with E-state index in [1.54, 1.807) is 0 Å². The summed E-state index contributed by atoms with van der Waals surface area (Å²) in [6.45, 7) is 11.8. The lowest BCUT2D eigenvalue weighted by Crippen LogP contribution is -2.49. The average molecular weight is 561 g/mol. The molecule has 2 aliphatic rings. The van der Waals surface area contributed by atoms with Crippen molar-refractivity contribution in [1.82, 2.24) is 10.2 Å². The van der Waals surface area contributed by atoms with Crippen LogP contribution in [0.25, 0.3) is 11.1 Å². The molecule has 1 N–H and O–H groups in total. The van der Waals surface area contributed by atoms with Crippen LogP contribution in [-0.4, -0.2) is 43.7 Å². The fraction of sp³-hybridized carbons (Fsp3) is 0.316. The highest BCUT2D eigenvalue weighted by atomic mass is 16.5. The van der Waals surface area contributed by atoms with Gasteiger partial charge in [0, 0.05) is 32.2 Å². The zero-order chi connectivity index (χ0) is 29.1. The molecule has 0 spiro atoms. The van der Waals surface area contributed by atoms with Crippen molar-refractivity contribution in [3.63, 3.8) is 0 Å². The van der Waals surface area contributed by atoms with Crippen molar-refractivity contribution in [3.05, 3.63) is 131 Å². The van der Waals surface area contributed by atoms with Gasteiger partial charge in [-0.2, -0.15) is 0 Å². The van der Waals surface area contributed by atoms with Crippen LogP contribution in [0.5, 0.6) is 11.5 Å². The molecule has 4 heteroatoms. The molecule has 4 aromatic carbocycles. The van der Waals surface area contributed by atoms with Gasteiger partial charge in [0.15, 0.2) is 0 Å². The minimum atomic E-state index is 0.401. The Kier molecular flexibility index (Phi) is 10.5. The minimum Gasteiger partial charge on any atom is -0.492 e. The molecule has 0 saturated carbocycles. The van der Waals surface area contributed by atoms with E-state index >= 15 is 0 Å². The zero-order valence-electron chi connectivity index (χ0n) is 25.3. The molecule has 1 saturated heterocycles. The average Bonchev–Trinajstić information content (AvgIpc) is 3.08. The Hall–Kier alpha value is -3.86. The maximum Gasteiger partial charge on any atom is 0.120 e. The summed E-state index contributed by atoms with van der Waals surface area (Å²) in [5.74, 6) is 1.85. The quantitative estimate of drug-likeness (QED) is 0.226. The molecule has 0 bridgehead atoms. The molecule has 4 nitrogen and oxygen atoms in total. The molecule has 1 aliphatic carbocycles. The Labute approximate surface area is 252 Å². The molecule has 42 heavy (non-hydrogen) atoms. The summed E-state index contributed by atoms with van der Waals surface area (Å²) >= 11 is 0. The van der Waals surface area contributed by atoms with E-state index in [0.717, 1.165) is 50.5 Å². The van der Waals surface area contributed by atoms with Crippen LogP contribution in [0.4, 0.5) is 0 Å². The summed E-state index contributed by atoms with van der Waals surface area (Å²) in [7, 11) is 0. The molecule has 4 aromatic rings. The van der Waals surface area contributed by atoms with Crippen molar-refractivity contribution in [1.29, 1.82) is 0 Å². The third-order valence-corrected chi connectivity index (χ3v) is 8.07. The first-order valence-electron chi connectivity index (χ1n) is 15.5. The lowest BCUT2D eigenvalue weighted by Gasteiger charge is -2.32. The number of allylic oxidation sites excluding steroid dienone is 1. The monoisotopic (exact) mass is 560 g/mol. The van der Waals surface area contributed by atoms with Gasteiger partial charge in [0.25, 0.3) is 0 Å². The van der Waals surface area contributed by atoms with Crippen LogP contribution in [0, 0.1) is 0 Å². The van der Waals surface area contributed by atoms with Crippen molar-refractivity contribution < 1.29 is 9.47 Å². The van der Waals surface area contributed by atoms with E-state index < -0.39 is 0 Å². The Morgan fingerprint density at radius 3 is 2.10 bits per heavy atom. The van der Waals surface area contributed by atoms with Gasteiger partial charge in [-0.3, -0.25) is 4.90 Å². The van der Waals surface area contributed by atoms with Crippen LogP contribution < -0.4 is 14.8 Å². The second-order valence-electron chi connectivity index (χ2n) is 10.8. The fourth-order valence-electron chi connectivity index (χ4n) is 5.82. The second kappa shape index (κ2) is 14.9. The molecule has 1 fully saturated rings. The van der Waals surface area contributed by atoms with Gasteiger partial charge in [-0.15, -0.1) is 0 Å². The molecular formula is C38H44N2O2. The number of hydrogen-bond acceptors (Lipinski definition) is 4. The normalized spacial score (nSPS) is 15.7. The Bertz CT molecular complexity index is 1430. The lowest BCUT2D eigenvalue weighted by atomic mass is 9.79. The molecule has 6 rings (SSSR count). The molecule has 1 atom stereocenters. The van der Waals surface area contributed by atoms with E-state index in [1.165, 1.54) is 39.0 Å². The molecule has 0 amide bonds. The largest absolute Gasteiger partial charge is 0.492 e. The van der Waals surface area contributed by atoms with Crippen molar-refractivity contribution in [3.8, 4) is 11.5 Å². The van der Waals surface area contributed by atoms with E-state index in [2.05, 4.69) is 114 Å². The number of benzene rings is 4. The molecule has 1 aliphatic heterocycles. The molecule has 218 valence electrons. The number of aryl methyl sites for hydroxylation is 1. The fourth-order valence-corrected chi connectivity index (χ4v) is 5.82. The molecule has 0 radical (unpaired) electrons. The second-order valence-corrected chi connectivity index (χ2v) is 10.8. The summed E-state index contributed by atoms with van der Waals surface area (Å²) in [5.41, 5.74) is 9.02. The molecule has 0 aromatic heterocycles. The predicted octanol–water partition coefficient (Wildman–Crippen LogP) is 7.87. The number of nitrogens with zero attached hydrogens (tertiary/aromatic N) is 1. The number of ether oxygens (including phenoxy) is 2. The van der Waals surface area contributed by atoms with Crippen LogP contribution in [0.3, 0.4) is 0 Å². The minimum absolute atomic E-state index is 0.401. The van der Waals surface area contributed by atoms with Gasteiger partial charge >= 0.3 is 0 Å². The van der Waals surface area contributed by atoms with E-state index in [1.807, 2.05) is 19.9 Å². The first kappa shape index (κ1) is 29.6. The van der Waals surface area contributed by atoms with Gasteiger partial charge in [0.1, 0.15) is 24.7 Å². The smallest absolute Gasteiger partial charge is 0.120 e. The third kappa shape index (κ3) is 7.31.